The predicted octanol–water partition coefficient (Wildman–Crippen LogP) is 12.6. The third-order valence-electron chi connectivity index (χ3n) is 13.4. The van der Waals surface area contributed by atoms with Gasteiger partial charge in [-0.25, -0.2) is 0 Å². The van der Waals surface area contributed by atoms with Gasteiger partial charge >= 0.3 is 0 Å². The number of nitrogens with zero attached hydrogens (tertiary/aromatic N) is 4. The van der Waals surface area contributed by atoms with Crippen molar-refractivity contribution in [1.82, 2.24) is 30.2 Å². The van der Waals surface area contributed by atoms with Gasteiger partial charge in [-0.1, -0.05) is 208 Å². The number of amides is 4. The maximum atomic E-state index is 13.7. The zero-order valence-corrected chi connectivity index (χ0v) is 45.6. The van der Waals surface area contributed by atoms with E-state index in [0.717, 1.165) is 64.5 Å². The molecular formula is C56H112N6O4. The molecule has 2 unspecified atom stereocenters. The summed E-state index contributed by atoms with van der Waals surface area (Å²) in [6.07, 6.45) is 37.7. The molecule has 10 heteroatoms. The maximum absolute atomic E-state index is 13.7. The molecule has 10 nitrogen and oxygen atoms in total. The van der Waals surface area contributed by atoms with E-state index in [0.29, 0.717) is 39.0 Å². The Morgan fingerprint density at radius 2 is 0.591 bits per heavy atom. The highest BCUT2D eigenvalue weighted by Crippen LogP contribution is 2.19. The molecule has 0 saturated heterocycles. The second-order valence-electron chi connectivity index (χ2n) is 21.1. The summed E-state index contributed by atoms with van der Waals surface area (Å²) in [6, 6.07) is -0.968. The van der Waals surface area contributed by atoms with Crippen LogP contribution in [0.4, 0.5) is 0 Å². The topological polar surface area (TPSA) is 105 Å². The van der Waals surface area contributed by atoms with Gasteiger partial charge in [-0.05, 0) is 65.7 Å². The maximum Gasteiger partial charge on any atom is 0.243 e. The van der Waals surface area contributed by atoms with Crippen molar-refractivity contribution >= 4 is 23.6 Å². The first-order valence-electron chi connectivity index (χ1n) is 28.2. The van der Waals surface area contributed by atoms with E-state index >= 15 is 0 Å². The van der Waals surface area contributed by atoms with Crippen LogP contribution in [0, 0.1) is 11.8 Å². The molecule has 0 bridgehead atoms. The number of hydrogen-bond donors (Lipinski definition) is 2. The molecule has 0 aliphatic carbocycles. The molecular weight excluding hydrogens is 821 g/mol. The number of unbranched alkanes of at least 4 members (excludes halogenated alkanes) is 27. The van der Waals surface area contributed by atoms with Gasteiger partial charge in [0.1, 0.15) is 12.1 Å². The van der Waals surface area contributed by atoms with E-state index < -0.39 is 12.1 Å². The van der Waals surface area contributed by atoms with Gasteiger partial charge in [0.25, 0.3) is 0 Å². The number of carbonyl (C=O) groups excluding carboxylic acids is 4. The van der Waals surface area contributed by atoms with Crippen LogP contribution in [0.2, 0.25) is 0 Å². The number of rotatable bonds is 47. The Morgan fingerprint density at radius 3 is 0.833 bits per heavy atom. The number of hydrogen-bond acceptors (Lipinski definition) is 6. The highest BCUT2D eigenvalue weighted by Gasteiger charge is 2.33. The Balaban J connectivity index is 4.77. The summed E-state index contributed by atoms with van der Waals surface area (Å²) in [5, 5.41) is 6.33. The lowest BCUT2D eigenvalue weighted by Gasteiger charge is -2.34. The van der Waals surface area contributed by atoms with Crippen molar-refractivity contribution in [3.05, 3.63) is 0 Å². The fraction of sp³-hybridized carbons (Fsp3) is 0.929. The Morgan fingerprint density at radius 1 is 0.348 bits per heavy atom. The fourth-order valence-corrected chi connectivity index (χ4v) is 9.17. The average molecular weight is 934 g/mol. The van der Waals surface area contributed by atoms with Gasteiger partial charge in [0.2, 0.25) is 23.6 Å². The third-order valence-corrected chi connectivity index (χ3v) is 13.4. The van der Waals surface area contributed by atoms with E-state index in [2.05, 4.69) is 34.3 Å². The second kappa shape index (κ2) is 44.0. The van der Waals surface area contributed by atoms with Crippen LogP contribution in [0.5, 0.6) is 0 Å². The van der Waals surface area contributed by atoms with Crippen LogP contribution >= 0.6 is 0 Å². The normalized spacial score (nSPS) is 12.6. The van der Waals surface area contributed by atoms with Crippen LogP contribution in [0.1, 0.15) is 247 Å². The molecule has 390 valence electrons. The van der Waals surface area contributed by atoms with Gasteiger partial charge in [0, 0.05) is 52.1 Å². The lowest BCUT2D eigenvalue weighted by molar-refractivity contribution is -0.142. The molecule has 0 radical (unpaired) electrons. The summed E-state index contributed by atoms with van der Waals surface area (Å²) in [7, 11) is 8.05. The highest BCUT2D eigenvalue weighted by atomic mass is 16.2. The smallest absolute Gasteiger partial charge is 0.243 e. The van der Waals surface area contributed by atoms with Gasteiger partial charge < -0.3 is 30.2 Å². The van der Waals surface area contributed by atoms with Crippen LogP contribution in [-0.4, -0.2) is 123 Å². The van der Waals surface area contributed by atoms with Gasteiger partial charge in [0.05, 0.1) is 0 Å². The summed E-state index contributed by atoms with van der Waals surface area (Å²) < 4.78 is 0. The molecule has 0 spiro atoms. The molecule has 2 N–H and O–H groups in total. The minimum Gasteiger partial charge on any atom is -0.354 e. The first-order valence-corrected chi connectivity index (χ1v) is 28.2. The van der Waals surface area contributed by atoms with Crippen LogP contribution < -0.4 is 10.6 Å². The highest BCUT2D eigenvalue weighted by molar-refractivity contribution is 5.88. The van der Waals surface area contributed by atoms with Crippen molar-refractivity contribution in [3.63, 3.8) is 0 Å². The first kappa shape index (κ1) is 63.8. The van der Waals surface area contributed by atoms with Crippen LogP contribution in [0.3, 0.4) is 0 Å². The van der Waals surface area contributed by atoms with E-state index in [4.69, 9.17) is 0 Å². The number of carbonyl (C=O) groups is 4. The monoisotopic (exact) mass is 933 g/mol. The van der Waals surface area contributed by atoms with Crippen molar-refractivity contribution < 1.29 is 19.2 Å². The van der Waals surface area contributed by atoms with E-state index in [1.165, 1.54) is 141 Å². The molecule has 0 heterocycles. The lowest BCUT2D eigenvalue weighted by atomic mass is 9.99. The van der Waals surface area contributed by atoms with Gasteiger partial charge in [-0.15, -0.1) is 0 Å². The van der Waals surface area contributed by atoms with E-state index in [-0.39, 0.29) is 35.5 Å². The molecule has 2 atom stereocenters. The van der Waals surface area contributed by atoms with Crippen molar-refractivity contribution in [2.75, 3.05) is 67.5 Å². The van der Waals surface area contributed by atoms with E-state index in [1.807, 2.05) is 65.7 Å². The number of likely N-dealkylation sites (N-methyl/N-ethyl adjacent to an activating group) is 2. The van der Waals surface area contributed by atoms with Gasteiger partial charge in [0.15, 0.2) is 0 Å². The van der Waals surface area contributed by atoms with Gasteiger partial charge in [-0.2, -0.15) is 0 Å². The first-order chi connectivity index (χ1) is 31.8. The predicted molar refractivity (Wildman–Crippen MR) is 283 cm³/mol. The fourth-order valence-electron chi connectivity index (χ4n) is 9.17. The van der Waals surface area contributed by atoms with Crippen LogP contribution in [0.25, 0.3) is 0 Å². The Kier molecular flexibility index (Phi) is 42.6. The molecule has 66 heavy (non-hydrogen) atoms. The van der Waals surface area contributed by atoms with Crippen molar-refractivity contribution in [1.29, 1.82) is 0 Å². The largest absolute Gasteiger partial charge is 0.354 e. The SMILES string of the molecule is CCCCCCCCCCCCCCCC(=O)N(CCN(C)C)C(C(=O)NCCCCCCNC(=O)C(C(C)C)N(CCN(C)C)C(=O)CCCCCCCCCCCCCCC)C(C)C. The van der Waals surface area contributed by atoms with Crippen LogP contribution in [-0.2, 0) is 19.2 Å². The van der Waals surface area contributed by atoms with Crippen molar-refractivity contribution in [2.24, 2.45) is 11.8 Å². The zero-order valence-electron chi connectivity index (χ0n) is 45.6. The minimum atomic E-state index is -0.484. The summed E-state index contributed by atoms with van der Waals surface area (Å²) in [4.78, 5) is 62.5. The molecule has 4 amide bonds. The summed E-state index contributed by atoms with van der Waals surface area (Å²) in [5.74, 6) is 0.0866. The minimum absolute atomic E-state index is 0.00865. The van der Waals surface area contributed by atoms with Gasteiger partial charge in [-0.3, -0.25) is 19.2 Å². The third kappa shape index (κ3) is 35.0. The Hall–Kier alpha value is -2.20. The summed E-state index contributed by atoms with van der Waals surface area (Å²) in [6.45, 7) is 16.4. The van der Waals surface area contributed by atoms with Crippen LogP contribution in [0.15, 0.2) is 0 Å². The molecule has 0 aromatic rings. The quantitative estimate of drug-likeness (QED) is 0.0589. The Bertz CT molecular complexity index is 1080. The molecule has 0 saturated carbocycles. The van der Waals surface area contributed by atoms with Crippen molar-refractivity contribution in [2.45, 2.75) is 259 Å². The average Bonchev–Trinajstić information content (AvgIpc) is 3.26. The molecule has 0 fully saturated rings. The standard InChI is InChI=1S/C56H112N6O4/c1-11-13-15-17-19-21-23-25-27-29-31-33-37-41-51(63)61(47-45-59(7)8)53(49(3)4)55(65)57-43-39-35-36-40-44-58-56(66)54(50(5)6)62(48-46-60(9)10)52(64)42-38-34-32-30-28-26-24-22-20-18-16-14-12-2/h49-50,53-54H,11-48H2,1-10H3,(H,57,65)(H,58,66). The summed E-state index contributed by atoms with van der Waals surface area (Å²) >= 11 is 0. The van der Waals surface area contributed by atoms with E-state index in [1.54, 1.807) is 0 Å². The zero-order chi connectivity index (χ0) is 49.2. The Labute approximate surface area is 410 Å². The number of nitrogens with one attached hydrogen (secondary N) is 2. The summed E-state index contributed by atoms with van der Waals surface area (Å²) in [5.41, 5.74) is 0. The molecule has 0 aliphatic rings. The lowest BCUT2D eigenvalue weighted by Crippen LogP contribution is -2.54. The molecule has 0 aromatic heterocycles. The second-order valence-corrected chi connectivity index (χ2v) is 21.1. The molecule has 0 aliphatic heterocycles. The molecule has 0 aromatic carbocycles. The molecule has 0 rings (SSSR count). The van der Waals surface area contributed by atoms with Crippen molar-refractivity contribution in [3.8, 4) is 0 Å². The van der Waals surface area contributed by atoms with E-state index in [9.17, 15) is 19.2 Å².